The standard InChI is InChI=1S/C13H27N3O2/c1-8(2)15-12(18)9(3)16-11(17)7-10(14)13(4,5)6/h8-10H,7,14H2,1-6H3,(H,15,18)(H,16,17). The summed E-state index contributed by atoms with van der Waals surface area (Å²) in [6, 6.07) is -0.696. The Balaban J connectivity index is 4.20. The Bertz CT molecular complexity index is 295. The minimum atomic E-state index is -0.535. The van der Waals surface area contributed by atoms with Crippen LogP contribution in [0.15, 0.2) is 0 Å². The molecule has 0 bridgehead atoms. The summed E-state index contributed by atoms with van der Waals surface area (Å²) in [7, 11) is 0. The van der Waals surface area contributed by atoms with Crippen molar-refractivity contribution in [3.05, 3.63) is 0 Å². The molecule has 0 aliphatic heterocycles. The van der Waals surface area contributed by atoms with Gasteiger partial charge in [0.25, 0.3) is 0 Å². The molecule has 0 spiro atoms. The lowest BCUT2D eigenvalue weighted by Crippen LogP contribution is -2.48. The molecule has 2 amide bonds. The number of nitrogens with one attached hydrogen (secondary N) is 2. The predicted molar refractivity (Wildman–Crippen MR) is 72.9 cm³/mol. The van der Waals surface area contributed by atoms with Crippen LogP contribution in [0.2, 0.25) is 0 Å². The van der Waals surface area contributed by atoms with E-state index in [1.54, 1.807) is 6.92 Å². The number of carbonyl (C=O) groups excluding carboxylic acids is 2. The highest BCUT2D eigenvalue weighted by molar-refractivity contribution is 5.87. The zero-order valence-electron chi connectivity index (χ0n) is 12.3. The quantitative estimate of drug-likeness (QED) is 0.680. The van der Waals surface area contributed by atoms with Gasteiger partial charge in [0.05, 0.1) is 0 Å². The Labute approximate surface area is 110 Å². The fraction of sp³-hybridized carbons (Fsp3) is 0.846. The van der Waals surface area contributed by atoms with Crippen LogP contribution in [0.1, 0.15) is 48.0 Å². The molecule has 0 radical (unpaired) electrons. The van der Waals surface area contributed by atoms with Gasteiger partial charge >= 0.3 is 0 Å². The normalized spacial score (nSPS) is 15.1. The molecule has 0 aliphatic rings. The molecular formula is C13H27N3O2. The van der Waals surface area contributed by atoms with Crippen molar-refractivity contribution >= 4 is 11.8 Å². The number of hydrogen-bond acceptors (Lipinski definition) is 3. The van der Waals surface area contributed by atoms with Gasteiger partial charge in [-0.05, 0) is 26.2 Å². The van der Waals surface area contributed by atoms with Crippen LogP contribution < -0.4 is 16.4 Å². The minimum Gasteiger partial charge on any atom is -0.352 e. The third-order valence-corrected chi connectivity index (χ3v) is 2.72. The summed E-state index contributed by atoms with van der Waals surface area (Å²) in [4.78, 5) is 23.3. The lowest BCUT2D eigenvalue weighted by Gasteiger charge is -2.27. The van der Waals surface area contributed by atoms with E-state index >= 15 is 0 Å². The number of carbonyl (C=O) groups is 2. The molecule has 0 aromatic heterocycles. The van der Waals surface area contributed by atoms with E-state index in [1.807, 2.05) is 34.6 Å². The van der Waals surface area contributed by atoms with Crippen molar-refractivity contribution in [1.82, 2.24) is 10.6 Å². The third kappa shape index (κ3) is 6.59. The van der Waals surface area contributed by atoms with Gasteiger partial charge in [-0.1, -0.05) is 20.8 Å². The molecule has 5 heteroatoms. The van der Waals surface area contributed by atoms with Crippen LogP contribution in [-0.4, -0.2) is 29.9 Å². The smallest absolute Gasteiger partial charge is 0.242 e. The highest BCUT2D eigenvalue weighted by Crippen LogP contribution is 2.19. The molecule has 0 rings (SSSR count). The first-order valence-electron chi connectivity index (χ1n) is 6.39. The second kappa shape index (κ2) is 6.73. The van der Waals surface area contributed by atoms with E-state index in [2.05, 4.69) is 10.6 Å². The summed E-state index contributed by atoms with van der Waals surface area (Å²) in [5, 5.41) is 5.40. The lowest BCUT2D eigenvalue weighted by molar-refractivity contribution is -0.129. The molecule has 0 heterocycles. The molecule has 0 aliphatic carbocycles. The van der Waals surface area contributed by atoms with Crippen LogP contribution >= 0.6 is 0 Å². The van der Waals surface area contributed by atoms with E-state index in [9.17, 15) is 9.59 Å². The fourth-order valence-corrected chi connectivity index (χ4v) is 1.28. The second-order valence-electron chi connectivity index (χ2n) is 6.13. The summed E-state index contributed by atoms with van der Waals surface area (Å²) in [5.74, 6) is -0.369. The molecule has 0 aromatic rings. The topological polar surface area (TPSA) is 84.2 Å². The van der Waals surface area contributed by atoms with Crippen LogP contribution in [0.4, 0.5) is 0 Å². The van der Waals surface area contributed by atoms with Gasteiger partial charge < -0.3 is 16.4 Å². The van der Waals surface area contributed by atoms with Crippen molar-refractivity contribution in [2.45, 2.75) is 66.1 Å². The molecule has 5 nitrogen and oxygen atoms in total. The molecular weight excluding hydrogens is 230 g/mol. The molecule has 4 N–H and O–H groups in total. The molecule has 2 atom stereocenters. The molecule has 0 fully saturated rings. The lowest BCUT2D eigenvalue weighted by atomic mass is 9.85. The first-order valence-corrected chi connectivity index (χ1v) is 6.39. The Morgan fingerprint density at radius 2 is 1.61 bits per heavy atom. The van der Waals surface area contributed by atoms with Crippen LogP contribution in [0.25, 0.3) is 0 Å². The average Bonchev–Trinajstić information content (AvgIpc) is 2.14. The van der Waals surface area contributed by atoms with Gasteiger partial charge in [0.1, 0.15) is 6.04 Å². The van der Waals surface area contributed by atoms with Gasteiger partial charge in [0, 0.05) is 18.5 Å². The maximum absolute atomic E-state index is 11.7. The minimum absolute atomic E-state index is 0.0636. The number of rotatable bonds is 5. The van der Waals surface area contributed by atoms with Gasteiger partial charge in [-0.3, -0.25) is 9.59 Å². The Hall–Kier alpha value is -1.10. The molecule has 0 saturated carbocycles. The highest BCUT2D eigenvalue weighted by atomic mass is 16.2. The zero-order chi connectivity index (χ0) is 14.5. The summed E-state index contributed by atoms with van der Waals surface area (Å²) < 4.78 is 0. The monoisotopic (exact) mass is 257 g/mol. The summed E-state index contributed by atoms with van der Waals surface area (Å²) in [6.07, 6.45) is 0.225. The van der Waals surface area contributed by atoms with Crippen molar-refractivity contribution in [1.29, 1.82) is 0 Å². The SMILES string of the molecule is CC(C)NC(=O)C(C)NC(=O)CC(N)C(C)(C)C. The van der Waals surface area contributed by atoms with Gasteiger partial charge in [-0.25, -0.2) is 0 Å². The first-order chi connectivity index (χ1) is 8.04. The second-order valence-corrected chi connectivity index (χ2v) is 6.13. The van der Waals surface area contributed by atoms with Crippen LogP contribution in [0.5, 0.6) is 0 Å². The van der Waals surface area contributed by atoms with Crippen molar-refractivity contribution in [3.8, 4) is 0 Å². The van der Waals surface area contributed by atoms with Gasteiger partial charge in [0.15, 0.2) is 0 Å². The van der Waals surface area contributed by atoms with Gasteiger partial charge in [-0.15, -0.1) is 0 Å². The number of hydrogen-bond donors (Lipinski definition) is 3. The Morgan fingerprint density at radius 3 is 2.00 bits per heavy atom. The third-order valence-electron chi connectivity index (χ3n) is 2.72. The Kier molecular flexibility index (Phi) is 6.32. The van der Waals surface area contributed by atoms with E-state index in [0.717, 1.165) is 0 Å². The van der Waals surface area contributed by atoms with E-state index < -0.39 is 6.04 Å². The number of nitrogens with two attached hydrogens (primary N) is 1. The van der Waals surface area contributed by atoms with E-state index in [1.165, 1.54) is 0 Å². The summed E-state index contributed by atoms with van der Waals surface area (Å²) in [5.41, 5.74) is 5.80. The van der Waals surface area contributed by atoms with Gasteiger partial charge in [0.2, 0.25) is 11.8 Å². The largest absolute Gasteiger partial charge is 0.352 e. The first kappa shape index (κ1) is 16.9. The summed E-state index contributed by atoms with van der Waals surface area (Å²) in [6.45, 7) is 11.4. The van der Waals surface area contributed by atoms with Crippen LogP contribution in [0, 0.1) is 5.41 Å². The van der Waals surface area contributed by atoms with Crippen LogP contribution in [0.3, 0.4) is 0 Å². The molecule has 0 aromatic carbocycles. The van der Waals surface area contributed by atoms with Crippen molar-refractivity contribution in [2.75, 3.05) is 0 Å². The fourth-order valence-electron chi connectivity index (χ4n) is 1.28. The van der Waals surface area contributed by atoms with Gasteiger partial charge in [-0.2, -0.15) is 0 Å². The van der Waals surface area contributed by atoms with Crippen molar-refractivity contribution in [2.24, 2.45) is 11.1 Å². The van der Waals surface area contributed by atoms with Crippen molar-refractivity contribution < 1.29 is 9.59 Å². The van der Waals surface area contributed by atoms with Crippen molar-refractivity contribution in [3.63, 3.8) is 0 Å². The zero-order valence-corrected chi connectivity index (χ0v) is 12.3. The maximum atomic E-state index is 11.7. The molecule has 106 valence electrons. The summed E-state index contributed by atoms with van der Waals surface area (Å²) >= 11 is 0. The average molecular weight is 257 g/mol. The Morgan fingerprint density at radius 1 is 1.11 bits per heavy atom. The maximum Gasteiger partial charge on any atom is 0.242 e. The van der Waals surface area contributed by atoms with Crippen LogP contribution in [-0.2, 0) is 9.59 Å². The van der Waals surface area contributed by atoms with E-state index in [-0.39, 0.29) is 35.7 Å². The predicted octanol–water partition coefficient (Wildman–Crippen LogP) is 0.779. The van der Waals surface area contributed by atoms with E-state index in [4.69, 9.17) is 5.73 Å². The molecule has 18 heavy (non-hydrogen) atoms. The molecule has 0 saturated heterocycles. The highest BCUT2D eigenvalue weighted by Gasteiger charge is 2.24. The number of amides is 2. The van der Waals surface area contributed by atoms with E-state index in [0.29, 0.717) is 0 Å². The molecule has 2 unspecified atom stereocenters.